The monoisotopic (exact) mass is 484 g/mol. The van der Waals surface area contributed by atoms with Crippen LogP contribution in [0, 0.1) is 13.8 Å². The van der Waals surface area contributed by atoms with Crippen molar-refractivity contribution in [1.29, 1.82) is 0 Å². The molecule has 3 aromatic carbocycles. The number of carbonyl (C=O) groups is 2. The molecule has 1 unspecified atom stereocenters. The van der Waals surface area contributed by atoms with Crippen molar-refractivity contribution in [2.75, 3.05) is 30.0 Å². The lowest BCUT2D eigenvalue weighted by Gasteiger charge is -2.27. The van der Waals surface area contributed by atoms with Gasteiger partial charge in [0.2, 0.25) is 0 Å². The number of hydrogen-bond donors (Lipinski definition) is 1. The first-order valence-corrected chi connectivity index (χ1v) is 12.2. The van der Waals surface area contributed by atoms with Crippen molar-refractivity contribution in [3.63, 3.8) is 0 Å². The van der Waals surface area contributed by atoms with E-state index in [0.717, 1.165) is 29.9 Å². The van der Waals surface area contributed by atoms with E-state index in [9.17, 15) is 14.7 Å². The summed E-state index contributed by atoms with van der Waals surface area (Å²) in [4.78, 5) is 30.6. The number of nitrogens with zero attached hydrogens (tertiary/aromatic N) is 2. The Labute approximate surface area is 212 Å². The maximum Gasteiger partial charge on any atom is 0.300 e. The van der Waals surface area contributed by atoms with E-state index in [2.05, 4.69) is 18.7 Å². The molecule has 1 saturated heterocycles. The van der Waals surface area contributed by atoms with Crippen molar-refractivity contribution in [1.82, 2.24) is 0 Å². The number of aliphatic hydroxyl groups is 1. The second kappa shape index (κ2) is 10.3. The quantitative estimate of drug-likeness (QED) is 0.261. The average Bonchev–Trinajstić information content (AvgIpc) is 3.16. The van der Waals surface area contributed by atoms with Crippen molar-refractivity contribution in [3.8, 4) is 5.75 Å². The van der Waals surface area contributed by atoms with Crippen molar-refractivity contribution >= 4 is 28.8 Å². The van der Waals surface area contributed by atoms with Gasteiger partial charge in [0.25, 0.3) is 11.7 Å². The molecule has 0 spiro atoms. The molecule has 1 N–H and O–H groups in total. The van der Waals surface area contributed by atoms with Crippen LogP contribution in [0.15, 0.2) is 72.3 Å². The van der Waals surface area contributed by atoms with Gasteiger partial charge in [-0.25, -0.2) is 0 Å². The largest absolute Gasteiger partial charge is 0.507 e. The molecular formula is C30H32N2O4. The molecule has 3 aromatic rings. The summed E-state index contributed by atoms with van der Waals surface area (Å²) in [6, 6.07) is 19.7. The number of hydrogen-bond acceptors (Lipinski definition) is 5. The minimum Gasteiger partial charge on any atom is -0.507 e. The molecule has 1 aliphatic heterocycles. The van der Waals surface area contributed by atoms with Gasteiger partial charge in [-0.05, 0) is 81.3 Å². The molecular weight excluding hydrogens is 452 g/mol. The minimum absolute atomic E-state index is 0.0646. The van der Waals surface area contributed by atoms with E-state index in [-0.39, 0.29) is 11.3 Å². The molecule has 1 atom stereocenters. The van der Waals surface area contributed by atoms with Gasteiger partial charge in [-0.3, -0.25) is 14.5 Å². The van der Waals surface area contributed by atoms with E-state index in [1.807, 2.05) is 68.4 Å². The van der Waals surface area contributed by atoms with E-state index >= 15 is 0 Å². The van der Waals surface area contributed by atoms with E-state index in [1.165, 1.54) is 4.90 Å². The maximum absolute atomic E-state index is 13.5. The number of methoxy groups -OCH3 is 1. The Kier molecular flexibility index (Phi) is 7.15. The SMILES string of the molecule is CCN(CC)c1ccc(N2C(=O)C(=O)/C(=C(/O)c3cc(C)ccc3C)C2c2cccc(OC)c2)cc1. The molecule has 0 aromatic heterocycles. The first-order valence-electron chi connectivity index (χ1n) is 12.2. The number of ketones is 1. The Morgan fingerprint density at radius 1 is 0.972 bits per heavy atom. The van der Waals surface area contributed by atoms with Crippen LogP contribution in [-0.2, 0) is 9.59 Å². The highest BCUT2D eigenvalue weighted by Crippen LogP contribution is 2.43. The zero-order valence-corrected chi connectivity index (χ0v) is 21.4. The fourth-order valence-corrected chi connectivity index (χ4v) is 4.77. The minimum atomic E-state index is -0.806. The van der Waals surface area contributed by atoms with Crippen LogP contribution in [0.1, 0.15) is 42.1 Å². The van der Waals surface area contributed by atoms with Crippen LogP contribution in [0.5, 0.6) is 5.75 Å². The molecule has 0 bridgehead atoms. The number of ether oxygens (including phenoxy) is 1. The molecule has 6 heteroatoms. The Bertz CT molecular complexity index is 1320. The number of aryl methyl sites for hydroxylation is 2. The van der Waals surface area contributed by atoms with Gasteiger partial charge in [0.1, 0.15) is 11.5 Å². The summed E-state index contributed by atoms with van der Waals surface area (Å²) in [5.41, 5.74) is 4.66. The van der Waals surface area contributed by atoms with Crippen molar-refractivity contribution < 1.29 is 19.4 Å². The highest BCUT2D eigenvalue weighted by atomic mass is 16.5. The topological polar surface area (TPSA) is 70.1 Å². The van der Waals surface area contributed by atoms with Crippen LogP contribution >= 0.6 is 0 Å². The fraction of sp³-hybridized carbons (Fsp3) is 0.267. The normalized spacial score (nSPS) is 16.9. The molecule has 36 heavy (non-hydrogen) atoms. The van der Waals surface area contributed by atoms with E-state index in [1.54, 1.807) is 19.2 Å². The van der Waals surface area contributed by atoms with E-state index in [0.29, 0.717) is 22.6 Å². The Hall–Kier alpha value is -4.06. The Balaban J connectivity index is 1.92. The first-order chi connectivity index (χ1) is 17.3. The number of benzene rings is 3. The number of aliphatic hydroxyl groups excluding tert-OH is 1. The van der Waals surface area contributed by atoms with Crippen molar-refractivity contribution in [2.45, 2.75) is 33.7 Å². The number of rotatable bonds is 7. The summed E-state index contributed by atoms with van der Waals surface area (Å²) in [6.07, 6.45) is 0. The lowest BCUT2D eigenvalue weighted by molar-refractivity contribution is -0.132. The predicted molar refractivity (Wildman–Crippen MR) is 144 cm³/mol. The summed E-state index contributed by atoms with van der Waals surface area (Å²) in [7, 11) is 1.57. The summed E-state index contributed by atoms with van der Waals surface area (Å²) in [5, 5.41) is 11.5. The second-order valence-electron chi connectivity index (χ2n) is 8.95. The molecule has 0 saturated carbocycles. The summed E-state index contributed by atoms with van der Waals surface area (Å²) >= 11 is 0. The van der Waals surface area contributed by atoms with Gasteiger partial charge in [0, 0.05) is 30.0 Å². The third-order valence-corrected chi connectivity index (χ3v) is 6.76. The smallest absolute Gasteiger partial charge is 0.300 e. The number of carbonyl (C=O) groups excluding carboxylic acids is 2. The fourth-order valence-electron chi connectivity index (χ4n) is 4.77. The third-order valence-electron chi connectivity index (χ3n) is 6.76. The molecule has 6 nitrogen and oxygen atoms in total. The summed E-state index contributed by atoms with van der Waals surface area (Å²) in [6.45, 7) is 9.70. The molecule has 1 heterocycles. The molecule has 0 aliphatic carbocycles. The highest BCUT2D eigenvalue weighted by molar-refractivity contribution is 6.51. The lowest BCUT2D eigenvalue weighted by atomic mass is 9.93. The van der Waals surface area contributed by atoms with Crippen LogP contribution in [0.25, 0.3) is 5.76 Å². The third kappa shape index (κ3) is 4.47. The van der Waals surface area contributed by atoms with Gasteiger partial charge in [0.05, 0.1) is 18.7 Å². The maximum atomic E-state index is 13.5. The highest BCUT2D eigenvalue weighted by Gasteiger charge is 2.47. The summed E-state index contributed by atoms with van der Waals surface area (Å²) < 4.78 is 5.42. The van der Waals surface area contributed by atoms with Gasteiger partial charge in [-0.2, -0.15) is 0 Å². The van der Waals surface area contributed by atoms with Crippen LogP contribution in [-0.4, -0.2) is 37.0 Å². The van der Waals surface area contributed by atoms with Crippen LogP contribution < -0.4 is 14.5 Å². The Morgan fingerprint density at radius 3 is 2.31 bits per heavy atom. The predicted octanol–water partition coefficient (Wildman–Crippen LogP) is 5.78. The molecule has 1 aliphatic rings. The van der Waals surface area contributed by atoms with Gasteiger partial charge < -0.3 is 14.7 Å². The first kappa shape index (κ1) is 25.0. The van der Waals surface area contributed by atoms with Crippen molar-refractivity contribution in [2.24, 2.45) is 0 Å². The Morgan fingerprint density at radius 2 is 1.67 bits per heavy atom. The molecule has 1 amide bonds. The van der Waals surface area contributed by atoms with E-state index < -0.39 is 17.7 Å². The summed E-state index contributed by atoms with van der Waals surface area (Å²) in [5.74, 6) is -0.967. The van der Waals surface area contributed by atoms with Crippen LogP contribution in [0.2, 0.25) is 0 Å². The standard InChI is InChI=1S/C30H32N2O4/c1-6-31(7-2)22-13-15-23(16-14-22)32-27(21-9-8-10-24(18-21)36-5)26(29(34)30(32)35)28(33)25-17-19(3)11-12-20(25)4/h8-18,27,33H,6-7H2,1-5H3/b28-26+. The van der Waals surface area contributed by atoms with Crippen LogP contribution in [0.4, 0.5) is 11.4 Å². The second-order valence-corrected chi connectivity index (χ2v) is 8.95. The van der Waals surface area contributed by atoms with Crippen molar-refractivity contribution in [3.05, 3.63) is 94.6 Å². The molecule has 0 radical (unpaired) electrons. The van der Waals surface area contributed by atoms with E-state index in [4.69, 9.17) is 4.74 Å². The van der Waals surface area contributed by atoms with Gasteiger partial charge in [0.15, 0.2) is 0 Å². The molecule has 1 fully saturated rings. The van der Waals surface area contributed by atoms with Gasteiger partial charge in [-0.15, -0.1) is 0 Å². The zero-order chi connectivity index (χ0) is 26.0. The lowest BCUT2D eigenvalue weighted by Crippen LogP contribution is -2.29. The average molecular weight is 485 g/mol. The van der Waals surface area contributed by atoms with Crippen LogP contribution in [0.3, 0.4) is 0 Å². The van der Waals surface area contributed by atoms with Gasteiger partial charge in [-0.1, -0.05) is 29.8 Å². The zero-order valence-electron chi connectivity index (χ0n) is 21.4. The van der Waals surface area contributed by atoms with Gasteiger partial charge >= 0.3 is 0 Å². The molecule has 4 rings (SSSR count). The number of Topliss-reactive ketones (excluding diaryl/α,β-unsaturated/α-hetero) is 1. The number of anilines is 2. The molecule has 186 valence electrons. The number of amides is 1.